The van der Waals surface area contributed by atoms with Gasteiger partial charge in [-0.3, -0.25) is 4.79 Å². The number of nitrogens with one attached hydrogen (secondary N) is 1. The molecular formula is C14H19NO4. The van der Waals surface area contributed by atoms with Crippen molar-refractivity contribution in [2.75, 3.05) is 0 Å². The minimum absolute atomic E-state index is 0.144. The van der Waals surface area contributed by atoms with E-state index in [1.807, 2.05) is 0 Å². The first kappa shape index (κ1) is 12.7. The monoisotopic (exact) mass is 265 g/mol. The molecular weight excluding hydrogens is 246 g/mol. The fraction of sp³-hybridized carbons (Fsp3) is 0.714. The van der Waals surface area contributed by atoms with Gasteiger partial charge < -0.3 is 15.2 Å². The van der Waals surface area contributed by atoms with Crippen LogP contribution in [0.15, 0.2) is 12.2 Å². The van der Waals surface area contributed by atoms with E-state index in [9.17, 15) is 9.59 Å². The molecule has 0 spiro atoms. The number of carboxylic acids is 1. The first-order valence-electron chi connectivity index (χ1n) is 7.00. The number of allylic oxidation sites excluding steroid dienone is 1. The predicted octanol–water partition coefficient (Wildman–Crippen LogP) is 1.09. The summed E-state index contributed by atoms with van der Waals surface area (Å²) in [6.45, 7) is 0. The molecule has 4 aliphatic rings. The van der Waals surface area contributed by atoms with Crippen molar-refractivity contribution in [2.45, 2.75) is 50.4 Å². The van der Waals surface area contributed by atoms with Crippen LogP contribution in [0.1, 0.15) is 32.1 Å². The first-order chi connectivity index (χ1) is 9.13. The lowest BCUT2D eigenvalue weighted by Gasteiger charge is -2.38. The maximum Gasteiger partial charge on any atom is 0.332 e. The molecule has 0 aromatic heterocycles. The zero-order valence-electron chi connectivity index (χ0n) is 10.7. The Kier molecular flexibility index (Phi) is 3.31. The summed E-state index contributed by atoms with van der Waals surface area (Å²) < 4.78 is 5.28. The van der Waals surface area contributed by atoms with E-state index in [0.29, 0.717) is 24.7 Å². The van der Waals surface area contributed by atoms with Crippen molar-refractivity contribution in [3.05, 3.63) is 12.2 Å². The minimum atomic E-state index is -0.977. The zero-order valence-corrected chi connectivity index (χ0v) is 10.7. The van der Waals surface area contributed by atoms with Crippen LogP contribution in [-0.4, -0.2) is 35.2 Å². The Balaban J connectivity index is 1.55. The van der Waals surface area contributed by atoms with Gasteiger partial charge in [-0.25, -0.2) is 4.79 Å². The quantitative estimate of drug-likeness (QED) is 0.749. The number of fused-ring (bicyclic) bond motifs is 2. The fourth-order valence-electron chi connectivity index (χ4n) is 3.38. The Morgan fingerprint density at radius 1 is 1.11 bits per heavy atom. The van der Waals surface area contributed by atoms with Gasteiger partial charge in [-0.1, -0.05) is 12.2 Å². The number of aliphatic carboxylic acids is 1. The van der Waals surface area contributed by atoms with E-state index in [1.54, 1.807) is 0 Å². The topological polar surface area (TPSA) is 75.6 Å². The molecule has 19 heavy (non-hydrogen) atoms. The predicted molar refractivity (Wildman–Crippen MR) is 67.4 cm³/mol. The van der Waals surface area contributed by atoms with Crippen molar-refractivity contribution in [1.82, 2.24) is 5.32 Å². The summed E-state index contributed by atoms with van der Waals surface area (Å²) in [6.07, 6.45) is 7.32. The first-order valence-corrected chi connectivity index (χ1v) is 7.00. The Morgan fingerprint density at radius 2 is 1.89 bits per heavy atom. The molecule has 5 atom stereocenters. The number of carbonyl (C=O) groups excluding carboxylic acids is 1. The third-order valence-electron chi connectivity index (χ3n) is 4.49. The molecule has 0 radical (unpaired) electrons. The van der Waals surface area contributed by atoms with Gasteiger partial charge in [0, 0.05) is 6.04 Å². The number of hydrogen-bond acceptors (Lipinski definition) is 3. The summed E-state index contributed by atoms with van der Waals surface area (Å²) in [6, 6.07) is 0.198. The highest BCUT2D eigenvalue weighted by Crippen LogP contribution is 2.36. The Morgan fingerprint density at radius 3 is 2.42 bits per heavy atom. The number of carbonyl (C=O) groups is 2. The average molecular weight is 265 g/mol. The molecule has 5 unspecified atom stereocenters. The molecule has 2 N–H and O–H groups in total. The number of carboxylic acid groups (broad SMARTS) is 1. The molecule has 1 aliphatic heterocycles. The standard InChI is InChI=1S/C14H19NO4/c16-13(11-5-6-12(19-11)14(17)18)15-10-7-8-1-3-9(10)4-2-8/h1,3,8-12H,2,4-7H2,(H,15,16)(H,17,18). The molecule has 1 saturated carbocycles. The van der Waals surface area contributed by atoms with Crippen molar-refractivity contribution < 1.29 is 19.4 Å². The van der Waals surface area contributed by atoms with Crippen LogP contribution in [0.2, 0.25) is 0 Å². The maximum absolute atomic E-state index is 12.1. The van der Waals surface area contributed by atoms with Crippen LogP contribution >= 0.6 is 0 Å². The summed E-state index contributed by atoms with van der Waals surface area (Å²) >= 11 is 0. The van der Waals surface area contributed by atoms with Gasteiger partial charge in [-0.15, -0.1) is 0 Å². The summed E-state index contributed by atoms with van der Waals surface area (Å²) in [4.78, 5) is 22.9. The third kappa shape index (κ3) is 2.52. The van der Waals surface area contributed by atoms with Crippen LogP contribution in [0.5, 0.6) is 0 Å². The normalized spacial score (nSPS) is 40.3. The molecule has 1 heterocycles. The third-order valence-corrected chi connectivity index (χ3v) is 4.49. The van der Waals surface area contributed by atoms with Crippen LogP contribution in [0.3, 0.4) is 0 Å². The van der Waals surface area contributed by atoms with Gasteiger partial charge in [-0.2, -0.15) is 0 Å². The highest BCUT2D eigenvalue weighted by molar-refractivity contribution is 5.83. The fourth-order valence-corrected chi connectivity index (χ4v) is 3.38. The molecule has 2 bridgehead atoms. The molecule has 2 fully saturated rings. The van der Waals surface area contributed by atoms with E-state index < -0.39 is 18.2 Å². The Hall–Kier alpha value is -1.36. The van der Waals surface area contributed by atoms with Crippen LogP contribution in [0, 0.1) is 11.8 Å². The molecule has 3 aliphatic carbocycles. The summed E-state index contributed by atoms with van der Waals surface area (Å²) in [5.41, 5.74) is 0. The largest absolute Gasteiger partial charge is 0.479 e. The lowest BCUT2D eigenvalue weighted by molar-refractivity contribution is -0.152. The molecule has 5 heteroatoms. The van der Waals surface area contributed by atoms with Gasteiger partial charge >= 0.3 is 5.97 Å². The molecule has 104 valence electrons. The van der Waals surface area contributed by atoms with E-state index in [0.717, 1.165) is 12.8 Å². The van der Waals surface area contributed by atoms with Crippen LogP contribution in [0.25, 0.3) is 0 Å². The van der Waals surface area contributed by atoms with E-state index in [4.69, 9.17) is 9.84 Å². The van der Waals surface area contributed by atoms with Crippen LogP contribution in [-0.2, 0) is 14.3 Å². The van der Waals surface area contributed by atoms with Gasteiger partial charge in [0.2, 0.25) is 5.91 Å². The van der Waals surface area contributed by atoms with Crippen molar-refractivity contribution in [1.29, 1.82) is 0 Å². The number of rotatable bonds is 3. The van der Waals surface area contributed by atoms with Crippen molar-refractivity contribution >= 4 is 11.9 Å². The molecule has 0 aromatic carbocycles. The smallest absolute Gasteiger partial charge is 0.332 e. The SMILES string of the molecule is O=C(O)C1CCC(C(=O)NC2CC3C=CC2CC3)O1. The van der Waals surface area contributed by atoms with Crippen LogP contribution in [0.4, 0.5) is 0 Å². The van der Waals surface area contributed by atoms with Gasteiger partial charge in [0.05, 0.1) is 0 Å². The molecule has 4 rings (SSSR count). The summed E-state index contributed by atoms with van der Waals surface area (Å²) in [7, 11) is 0. The summed E-state index contributed by atoms with van der Waals surface area (Å²) in [5.74, 6) is -0.0955. The number of ether oxygens (including phenoxy) is 1. The molecule has 1 amide bonds. The lowest BCUT2D eigenvalue weighted by atomic mass is 9.73. The van der Waals surface area contributed by atoms with E-state index in [1.165, 1.54) is 6.42 Å². The van der Waals surface area contributed by atoms with Gasteiger partial charge in [-0.05, 0) is 43.9 Å². The van der Waals surface area contributed by atoms with Crippen molar-refractivity contribution in [2.24, 2.45) is 11.8 Å². The lowest BCUT2D eigenvalue weighted by Crippen LogP contribution is -2.48. The number of hydrogen-bond donors (Lipinski definition) is 2. The second-order valence-electron chi connectivity index (χ2n) is 5.77. The van der Waals surface area contributed by atoms with Crippen molar-refractivity contribution in [3.8, 4) is 0 Å². The van der Waals surface area contributed by atoms with Gasteiger partial charge in [0.15, 0.2) is 6.10 Å². The Labute approximate surface area is 112 Å². The van der Waals surface area contributed by atoms with E-state index >= 15 is 0 Å². The van der Waals surface area contributed by atoms with Gasteiger partial charge in [0.25, 0.3) is 0 Å². The van der Waals surface area contributed by atoms with Crippen LogP contribution < -0.4 is 5.32 Å². The molecule has 1 saturated heterocycles. The Bertz CT molecular complexity index is 420. The summed E-state index contributed by atoms with van der Waals surface area (Å²) in [5, 5.41) is 11.9. The highest BCUT2D eigenvalue weighted by Gasteiger charge is 2.38. The van der Waals surface area contributed by atoms with E-state index in [2.05, 4.69) is 17.5 Å². The zero-order chi connectivity index (χ0) is 13.4. The maximum atomic E-state index is 12.1. The van der Waals surface area contributed by atoms with E-state index in [-0.39, 0.29) is 11.9 Å². The second-order valence-corrected chi connectivity index (χ2v) is 5.77. The minimum Gasteiger partial charge on any atom is -0.479 e. The number of amides is 1. The highest BCUT2D eigenvalue weighted by atomic mass is 16.5. The molecule has 0 aromatic rings. The van der Waals surface area contributed by atoms with Gasteiger partial charge in [0.1, 0.15) is 6.10 Å². The average Bonchev–Trinajstić information content (AvgIpc) is 2.90. The van der Waals surface area contributed by atoms with Crippen molar-refractivity contribution in [3.63, 3.8) is 0 Å². The molecule has 5 nitrogen and oxygen atoms in total. The second kappa shape index (κ2) is 4.96.